The molecule has 0 bridgehead atoms. The van der Waals surface area contributed by atoms with Gasteiger partial charge in [-0.25, -0.2) is 4.79 Å². The van der Waals surface area contributed by atoms with Crippen molar-refractivity contribution in [1.29, 1.82) is 0 Å². The first kappa shape index (κ1) is 29.1. The van der Waals surface area contributed by atoms with Crippen molar-refractivity contribution in [2.45, 2.75) is 77.9 Å². The van der Waals surface area contributed by atoms with Crippen molar-refractivity contribution in [1.82, 2.24) is 15.5 Å². The first-order valence-corrected chi connectivity index (χ1v) is 14.8. The largest absolute Gasteiger partial charge is 0.449 e. The molecule has 5 atom stereocenters. The van der Waals surface area contributed by atoms with Crippen LogP contribution in [0.15, 0.2) is 24.3 Å². The fraction of sp³-hybridized carbons (Fsp3) is 0.645. The lowest BCUT2D eigenvalue weighted by atomic mass is 9.93. The average molecular weight is 567 g/mol. The monoisotopic (exact) mass is 566 g/mol. The summed E-state index contributed by atoms with van der Waals surface area (Å²) in [5.41, 5.74) is 7.42. The van der Waals surface area contributed by atoms with E-state index >= 15 is 0 Å². The van der Waals surface area contributed by atoms with Crippen LogP contribution < -0.4 is 16.4 Å². The molecule has 0 spiro atoms. The van der Waals surface area contributed by atoms with E-state index in [4.69, 9.17) is 10.5 Å². The number of alkyl carbamates (subject to hydrolysis) is 1. The number of Topliss-reactive ketones (excluding diaryl/α,β-unsaturated/α-hetero) is 1. The summed E-state index contributed by atoms with van der Waals surface area (Å²) in [4.78, 5) is 66.8. The number of amides is 4. The van der Waals surface area contributed by atoms with Gasteiger partial charge in [0, 0.05) is 6.54 Å². The van der Waals surface area contributed by atoms with E-state index in [1.807, 2.05) is 38.1 Å². The Morgan fingerprint density at radius 2 is 1.68 bits per heavy atom. The number of carbonyl (C=O) groups excluding carboxylic acids is 5. The smallest absolute Gasteiger partial charge is 0.407 e. The molecule has 1 aromatic rings. The van der Waals surface area contributed by atoms with Crippen LogP contribution in [0.4, 0.5) is 4.79 Å². The molecular formula is C31H42N4O6. The summed E-state index contributed by atoms with van der Waals surface area (Å²) in [5, 5.41) is 5.64. The van der Waals surface area contributed by atoms with Gasteiger partial charge in [0.1, 0.15) is 12.1 Å². The van der Waals surface area contributed by atoms with Crippen LogP contribution in [0.5, 0.6) is 0 Å². The van der Waals surface area contributed by atoms with Gasteiger partial charge in [0.15, 0.2) is 0 Å². The van der Waals surface area contributed by atoms with Gasteiger partial charge in [0.2, 0.25) is 17.6 Å². The quantitative estimate of drug-likeness (QED) is 0.349. The van der Waals surface area contributed by atoms with E-state index in [0.717, 1.165) is 24.0 Å². The first-order chi connectivity index (χ1) is 19.4. The number of ketones is 1. The molecular weight excluding hydrogens is 524 g/mol. The number of nitrogens with zero attached hydrogens (tertiary/aromatic N) is 1. The molecule has 10 nitrogen and oxygen atoms in total. The summed E-state index contributed by atoms with van der Waals surface area (Å²) >= 11 is 0. The molecule has 1 saturated heterocycles. The average Bonchev–Trinajstić information content (AvgIpc) is 3.67. The highest BCUT2D eigenvalue weighted by molar-refractivity contribution is 6.37. The van der Waals surface area contributed by atoms with Crippen LogP contribution in [0.1, 0.15) is 58.1 Å². The van der Waals surface area contributed by atoms with Crippen molar-refractivity contribution < 1.29 is 28.7 Å². The number of hydrogen-bond acceptors (Lipinski definition) is 6. The van der Waals surface area contributed by atoms with Crippen molar-refractivity contribution in [3.8, 4) is 0 Å². The maximum absolute atomic E-state index is 14.3. The highest BCUT2D eigenvalue weighted by atomic mass is 16.5. The molecule has 41 heavy (non-hydrogen) atoms. The van der Waals surface area contributed by atoms with E-state index in [1.165, 1.54) is 0 Å². The number of nitrogens with one attached hydrogen (secondary N) is 2. The van der Waals surface area contributed by atoms with Crippen LogP contribution >= 0.6 is 0 Å². The standard InChI is InChI=1S/C31H42N4O6/c1-16(2)15-41-30(40)34-24(20-12-18-7-5-6-8-19(18)13-20)29(39)35-14-21-23(31(21,3)4)25(35)28(38)33-22(11-17-9-10-17)26(36)27(32)37/h5-8,16-17,20-25H,9-15H2,1-4H3,(H2,32,37)(H,33,38)(H,34,40). The first-order valence-electron chi connectivity index (χ1n) is 14.8. The highest BCUT2D eigenvalue weighted by Crippen LogP contribution is 2.65. The maximum Gasteiger partial charge on any atom is 0.407 e. The number of hydrogen-bond donors (Lipinski definition) is 3. The molecule has 3 fully saturated rings. The van der Waals surface area contributed by atoms with Crippen LogP contribution in [-0.4, -0.2) is 65.8 Å². The third kappa shape index (κ3) is 5.97. The number of ether oxygens (including phenoxy) is 1. The molecule has 0 radical (unpaired) electrons. The van der Waals surface area contributed by atoms with Crippen molar-refractivity contribution in [3.63, 3.8) is 0 Å². The van der Waals surface area contributed by atoms with E-state index in [2.05, 4.69) is 24.5 Å². The number of rotatable bonds is 11. The minimum Gasteiger partial charge on any atom is -0.449 e. The van der Waals surface area contributed by atoms with Crippen LogP contribution in [0.3, 0.4) is 0 Å². The molecule has 4 amide bonds. The predicted octanol–water partition coefficient (Wildman–Crippen LogP) is 1.97. The molecule has 4 N–H and O–H groups in total. The van der Waals surface area contributed by atoms with E-state index in [0.29, 0.717) is 25.8 Å². The lowest BCUT2D eigenvalue weighted by Gasteiger charge is -2.35. The number of fused-ring (bicyclic) bond motifs is 2. The molecule has 4 aliphatic rings. The van der Waals surface area contributed by atoms with Crippen LogP contribution in [-0.2, 0) is 36.8 Å². The summed E-state index contributed by atoms with van der Waals surface area (Å²) in [6.45, 7) is 8.63. The van der Waals surface area contributed by atoms with E-state index < -0.39 is 41.8 Å². The lowest BCUT2D eigenvalue weighted by molar-refractivity contribution is -0.144. The van der Waals surface area contributed by atoms with Crippen molar-refractivity contribution in [3.05, 3.63) is 35.4 Å². The molecule has 1 aromatic carbocycles. The van der Waals surface area contributed by atoms with E-state index in [1.54, 1.807) is 4.90 Å². The van der Waals surface area contributed by atoms with Gasteiger partial charge in [0.05, 0.1) is 12.6 Å². The Balaban J connectivity index is 1.38. The minimum absolute atomic E-state index is 0.0916. The number of nitrogens with two attached hydrogens (primary N) is 1. The Morgan fingerprint density at radius 3 is 2.24 bits per heavy atom. The van der Waals surface area contributed by atoms with Crippen LogP contribution in [0, 0.1) is 35.0 Å². The molecule has 2 saturated carbocycles. The van der Waals surface area contributed by atoms with Gasteiger partial charge in [0.25, 0.3) is 5.91 Å². The highest BCUT2D eigenvalue weighted by Gasteiger charge is 2.69. The van der Waals surface area contributed by atoms with E-state index in [9.17, 15) is 24.0 Å². The number of likely N-dealkylation sites (tertiary alicyclic amines) is 1. The van der Waals surface area contributed by atoms with Gasteiger partial charge in [-0.15, -0.1) is 0 Å². The zero-order valence-electron chi connectivity index (χ0n) is 24.4. The molecule has 222 valence electrons. The SMILES string of the molecule is CC(C)COC(=O)NC(C(=O)N1CC2C(C1C(=O)NC(CC1CC1)C(=O)C(N)=O)C2(C)C)C1Cc2ccccc2C1. The topological polar surface area (TPSA) is 148 Å². The summed E-state index contributed by atoms with van der Waals surface area (Å²) in [6, 6.07) is 5.29. The summed E-state index contributed by atoms with van der Waals surface area (Å²) in [5.74, 6) is -2.44. The van der Waals surface area contributed by atoms with Gasteiger partial charge in [-0.2, -0.15) is 0 Å². The maximum atomic E-state index is 14.3. The Morgan fingerprint density at radius 1 is 1.05 bits per heavy atom. The fourth-order valence-corrected chi connectivity index (χ4v) is 6.96. The second kappa shape index (κ2) is 11.1. The second-order valence-corrected chi connectivity index (χ2v) is 13.4. The third-order valence-electron chi connectivity index (χ3n) is 9.54. The van der Waals surface area contributed by atoms with Gasteiger partial charge in [-0.05, 0) is 65.4 Å². The number of carbonyl (C=O) groups is 5. The summed E-state index contributed by atoms with van der Waals surface area (Å²) in [7, 11) is 0. The number of benzene rings is 1. The molecule has 1 heterocycles. The molecule has 0 aromatic heterocycles. The van der Waals surface area contributed by atoms with Crippen LogP contribution in [0.2, 0.25) is 0 Å². The molecule has 10 heteroatoms. The summed E-state index contributed by atoms with van der Waals surface area (Å²) < 4.78 is 5.38. The van der Waals surface area contributed by atoms with Gasteiger partial charge in [-0.3, -0.25) is 19.2 Å². The van der Waals surface area contributed by atoms with Crippen molar-refractivity contribution in [2.24, 2.45) is 40.7 Å². The lowest BCUT2D eigenvalue weighted by Crippen LogP contribution is -2.59. The molecule has 5 rings (SSSR count). The van der Waals surface area contributed by atoms with Gasteiger partial charge >= 0.3 is 6.09 Å². The Bertz CT molecular complexity index is 1220. The fourth-order valence-electron chi connectivity index (χ4n) is 6.96. The minimum atomic E-state index is -1.08. The Kier molecular flexibility index (Phi) is 7.87. The van der Waals surface area contributed by atoms with Crippen molar-refractivity contribution >= 4 is 29.6 Å². The Hall–Kier alpha value is -3.43. The molecule has 5 unspecified atom stereocenters. The summed E-state index contributed by atoms with van der Waals surface area (Å²) in [6.07, 6.45) is 2.82. The molecule has 3 aliphatic carbocycles. The van der Waals surface area contributed by atoms with Gasteiger partial charge in [-0.1, -0.05) is 64.8 Å². The van der Waals surface area contributed by atoms with Crippen LogP contribution in [0.25, 0.3) is 0 Å². The Labute approximate surface area is 241 Å². The van der Waals surface area contributed by atoms with Gasteiger partial charge < -0.3 is 26.0 Å². The normalized spacial score (nSPS) is 25.6. The zero-order valence-corrected chi connectivity index (χ0v) is 24.4. The third-order valence-corrected chi connectivity index (χ3v) is 9.54. The van der Waals surface area contributed by atoms with Crippen molar-refractivity contribution in [2.75, 3.05) is 13.2 Å². The predicted molar refractivity (Wildman–Crippen MR) is 150 cm³/mol. The number of piperidine rings is 1. The number of primary amides is 1. The second-order valence-electron chi connectivity index (χ2n) is 13.4. The molecule has 1 aliphatic heterocycles. The zero-order chi connectivity index (χ0) is 29.6. The van der Waals surface area contributed by atoms with E-state index in [-0.39, 0.29) is 47.5 Å².